The van der Waals surface area contributed by atoms with Crippen LogP contribution in [-0.2, 0) is 16.8 Å². The molecule has 5 nitrogen and oxygen atoms in total. The minimum absolute atomic E-state index is 0.0653. The minimum Gasteiger partial charge on any atom is -0.508 e. The van der Waals surface area contributed by atoms with Gasteiger partial charge >= 0.3 is 0 Å². The van der Waals surface area contributed by atoms with Crippen LogP contribution in [0, 0.1) is 0 Å². The second-order valence-electron chi connectivity index (χ2n) is 2.66. The van der Waals surface area contributed by atoms with Gasteiger partial charge in [-0.1, -0.05) is 18.2 Å². The van der Waals surface area contributed by atoms with Crippen molar-refractivity contribution in [2.75, 3.05) is 7.05 Å². The summed E-state index contributed by atoms with van der Waals surface area (Å²) in [7, 11) is -2.13. The van der Waals surface area contributed by atoms with E-state index in [9.17, 15) is 13.5 Å². The molecule has 0 saturated carbocycles. The Kier molecular flexibility index (Phi) is 3.45. The molecule has 0 fully saturated rings. The first kappa shape index (κ1) is 11.0. The van der Waals surface area contributed by atoms with Gasteiger partial charge < -0.3 is 5.11 Å². The van der Waals surface area contributed by atoms with Crippen molar-refractivity contribution in [1.82, 2.24) is 9.44 Å². The fourth-order valence-corrected chi connectivity index (χ4v) is 1.40. The summed E-state index contributed by atoms with van der Waals surface area (Å²) in [6.07, 6.45) is 0. The van der Waals surface area contributed by atoms with Crippen LogP contribution in [0.2, 0.25) is 0 Å². The molecule has 14 heavy (non-hydrogen) atoms. The Hall–Kier alpha value is -1.11. The molecule has 0 aliphatic carbocycles. The summed E-state index contributed by atoms with van der Waals surface area (Å²) in [5, 5.41) is 9.32. The molecule has 1 aromatic carbocycles. The van der Waals surface area contributed by atoms with Gasteiger partial charge in [-0.15, -0.1) is 0 Å². The van der Waals surface area contributed by atoms with Crippen molar-refractivity contribution in [3.8, 4) is 5.75 Å². The number of phenols is 1. The Balaban J connectivity index is 2.68. The van der Waals surface area contributed by atoms with Gasteiger partial charge in [-0.2, -0.15) is 13.1 Å². The van der Waals surface area contributed by atoms with Crippen LogP contribution in [-0.4, -0.2) is 20.6 Å². The Morgan fingerprint density at radius 1 is 1.36 bits per heavy atom. The van der Waals surface area contributed by atoms with E-state index in [2.05, 4.69) is 9.44 Å². The first-order valence-electron chi connectivity index (χ1n) is 4.00. The van der Waals surface area contributed by atoms with Crippen molar-refractivity contribution < 1.29 is 13.5 Å². The summed E-state index contributed by atoms with van der Waals surface area (Å²) in [6.45, 7) is 0.0653. The number of para-hydroxylation sites is 1. The Labute approximate surface area is 83.0 Å². The van der Waals surface area contributed by atoms with Crippen LogP contribution in [0.5, 0.6) is 5.75 Å². The average Bonchev–Trinajstić information content (AvgIpc) is 2.17. The molecule has 0 spiro atoms. The number of aromatic hydroxyl groups is 1. The molecule has 3 N–H and O–H groups in total. The maximum atomic E-state index is 11.0. The molecule has 0 atom stereocenters. The number of phenolic OH excluding ortho intramolecular Hbond substituents is 1. The first-order chi connectivity index (χ1) is 6.55. The maximum absolute atomic E-state index is 11.0. The van der Waals surface area contributed by atoms with Crippen LogP contribution in [0.1, 0.15) is 5.56 Å². The van der Waals surface area contributed by atoms with Crippen molar-refractivity contribution >= 4 is 10.2 Å². The molecule has 0 amide bonds. The van der Waals surface area contributed by atoms with Gasteiger partial charge in [-0.05, 0) is 6.07 Å². The zero-order valence-corrected chi connectivity index (χ0v) is 8.50. The van der Waals surface area contributed by atoms with Gasteiger partial charge in [0.25, 0.3) is 10.2 Å². The molecule has 1 rings (SSSR count). The van der Waals surface area contributed by atoms with Crippen molar-refractivity contribution in [1.29, 1.82) is 0 Å². The average molecular weight is 216 g/mol. The van der Waals surface area contributed by atoms with E-state index in [1.165, 1.54) is 13.1 Å². The van der Waals surface area contributed by atoms with Crippen LogP contribution in [0.3, 0.4) is 0 Å². The summed E-state index contributed by atoms with van der Waals surface area (Å²) in [5.74, 6) is 0.0753. The fraction of sp³-hybridized carbons (Fsp3) is 0.250. The SMILES string of the molecule is CNS(=O)(=O)NCc1ccccc1O. The van der Waals surface area contributed by atoms with Crippen molar-refractivity contribution in [2.24, 2.45) is 0 Å². The van der Waals surface area contributed by atoms with Crippen molar-refractivity contribution in [3.63, 3.8) is 0 Å². The predicted octanol–water partition coefficient (Wildman–Crippen LogP) is -0.0540. The number of rotatable bonds is 4. The van der Waals surface area contributed by atoms with Gasteiger partial charge in [0.1, 0.15) is 5.75 Å². The lowest BCUT2D eigenvalue weighted by Gasteiger charge is -2.06. The van der Waals surface area contributed by atoms with Crippen molar-refractivity contribution in [2.45, 2.75) is 6.54 Å². The van der Waals surface area contributed by atoms with Gasteiger partial charge in [0.15, 0.2) is 0 Å². The van der Waals surface area contributed by atoms with Gasteiger partial charge in [0.2, 0.25) is 0 Å². The van der Waals surface area contributed by atoms with E-state index in [0.717, 1.165) is 0 Å². The predicted molar refractivity (Wildman–Crippen MR) is 52.9 cm³/mol. The van der Waals surface area contributed by atoms with E-state index in [0.29, 0.717) is 5.56 Å². The van der Waals surface area contributed by atoms with E-state index in [-0.39, 0.29) is 12.3 Å². The quantitative estimate of drug-likeness (QED) is 0.660. The molecule has 0 unspecified atom stereocenters. The summed E-state index contributed by atoms with van der Waals surface area (Å²) in [4.78, 5) is 0. The van der Waals surface area contributed by atoms with E-state index < -0.39 is 10.2 Å². The Bertz CT molecular complexity index is 403. The van der Waals surface area contributed by atoms with Gasteiger partial charge in [-0.3, -0.25) is 0 Å². The van der Waals surface area contributed by atoms with Crippen LogP contribution >= 0.6 is 0 Å². The summed E-state index contributed by atoms with van der Waals surface area (Å²) >= 11 is 0. The Morgan fingerprint density at radius 2 is 2.00 bits per heavy atom. The molecule has 6 heteroatoms. The highest BCUT2D eigenvalue weighted by Gasteiger charge is 2.06. The van der Waals surface area contributed by atoms with Crippen molar-refractivity contribution in [3.05, 3.63) is 29.8 Å². The number of hydrogen-bond donors (Lipinski definition) is 3. The first-order valence-corrected chi connectivity index (χ1v) is 5.48. The molecule has 0 radical (unpaired) electrons. The number of hydrogen-bond acceptors (Lipinski definition) is 3. The zero-order chi connectivity index (χ0) is 10.6. The van der Waals surface area contributed by atoms with Crippen LogP contribution in [0.15, 0.2) is 24.3 Å². The highest BCUT2D eigenvalue weighted by molar-refractivity contribution is 7.87. The molecule has 0 bridgehead atoms. The summed E-state index contributed by atoms with van der Waals surface area (Å²) < 4.78 is 26.3. The molecule has 0 aromatic heterocycles. The topological polar surface area (TPSA) is 78.4 Å². The normalized spacial score (nSPS) is 11.5. The number of benzene rings is 1. The summed E-state index contributed by atoms with van der Waals surface area (Å²) in [6, 6.07) is 6.55. The second kappa shape index (κ2) is 4.41. The van der Waals surface area contributed by atoms with Gasteiger partial charge in [-0.25, -0.2) is 4.72 Å². The second-order valence-corrected chi connectivity index (χ2v) is 4.36. The highest BCUT2D eigenvalue weighted by atomic mass is 32.2. The summed E-state index contributed by atoms with van der Waals surface area (Å²) in [5.41, 5.74) is 0.534. The molecule has 0 heterocycles. The zero-order valence-electron chi connectivity index (χ0n) is 7.69. The molecule has 0 aliphatic rings. The number of nitrogens with one attached hydrogen (secondary N) is 2. The van der Waals surface area contributed by atoms with Gasteiger partial charge in [0.05, 0.1) is 0 Å². The molecule has 78 valence electrons. The van der Waals surface area contributed by atoms with E-state index in [4.69, 9.17) is 0 Å². The highest BCUT2D eigenvalue weighted by Crippen LogP contribution is 2.14. The van der Waals surface area contributed by atoms with E-state index >= 15 is 0 Å². The molecule has 0 aliphatic heterocycles. The standard InChI is InChI=1S/C8H12N2O3S/c1-9-14(12,13)10-6-7-4-2-3-5-8(7)11/h2-5,9-11H,6H2,1H3. The minimum atomic E-state index is -3.45. The van der Waals surface area contributed by atoms with Crippen LogP contribution < -0.4 is 9.44 Å². The Morgan fingerprint density at radius 3 is 2.57 bits per heavy atom. The van der Waals surface area contributed by atoms with Crippen LogP contribution in [0.4, 0.5) is 0 Å². The fourth-order valence-electron chi connectivity index (χ4n) is 0.905. The third-order valence-corrected chi connectivity index (χ3v) is 2.77. The molecule has 1 aromatic rings. The van der Waals surface area contributed by atoms with Gasteiger partial charge in [0, 0.05) is 19.2 Å². The monoisotopic (exact) mass is 216 g/mol. The lowest BCUT2D eigenvalue weighted by atomic mass is 10.2. The largest absolute Gasteiger partial charge is 0.508 e. The maximum Gasteiger partial charge on any atom is 0.276 e. The lowest BCUT2D eigenvalue weighted by molar-refractivity contribution is 0.467. The molecular formula is C8H12N2O3S. The third-order valence-electron chi connectivity index (χ3n) is 1.71. The van der Waals surface area contributed by atoms with Crippen LogP contribution in [0.25, 0.3) is 0 Å². The molecule has 0 saturated heterocycles. The smallest absolute Gasteiger partial charge is 0.276 e. The van der Waals surface area contributed by atoms with E-state index in [1.54, 1.807) is 18.2 Å². The third kappa shape index (κ3) is 2.99. The lowest BCUT2D eigenvalue weighted by Crippen LogP contribution is -2.33. The molecular weight excluding hydrogens is 204 g/mol. The van der Waals surface area contributed by atoms with E-state index in [1.807, 2.05) is 0 Å².